The van der Waals surface area contributed by atoms with E-state index in [0.29, 0.717) is 13.2 Å². The average Bonchev–Trinajstić information content (AvgIpc) is 2.29. The number of nitrogens with two attached hydrogens (primary N) is 1. The van der Waals surface area contributed by atoms with Gasteiger partial charge in [0.1, 0.15) is 18.1 Å². The predicted molar refractivity (Wildman–Crippen MR) is 61.4 cm³/mol. The summed E-state index contributed by atoms with van der Waals surface area (Å²) in [4.78, 5) is 0. The van der Waals surface area contributed by atoms with Crippen molar-refractivity contribution in [1.29, 1.82) is 0 Å². The van der Waals surface area contributed by atoms with Crippen molar-refractivity contribution in [3.63, 3.8) is 0 Å². The molecule has 0 aliphatic carbocycles. The Hall–Kier alpha value is -1.19. The maximum atomic E-state index is 5.60. The molecule has 0 atom stereocenters. The highest BCUT2D eigenvalue weighted by Gasteiger charge is 2.03. The first-order valence-corrected chi connectivity index (χ1v) is 5.00. The van der Waals surface area contributed by atoms with Crippen molar-refractivity contribution in [3.05, 3.63) is 35.4 Å². The highest BCUT2D eigenvalue weighted by atomic mass is 35.5. The standard InChI is InChI=1S/C11H14ClNO2/c1-14-10-3-4-11(9(7-10)8-13)15-6-2-5-12/h2-5,7H,6,8,13H2,1H3/b5-2+. The first kappa shape index (κ1) is 11.9. The molecule has 4 heteroatoms. The van der Waals surface area contributed by atoms with E-state index in [2.05, 4.69) is 0 Å². The quantitative estimate of drug-likeness (QED) is 0.840. The van der Waals surface area contributed by atoms with E-state index in [1.165, 1.54) is 5.54 Å². The second kappa shape index (κ2) is 6.32. The summed E-state index contributed by atoms with van der Waals surface area (Å²) < 4.78 is 10.6. The zero-order valence-corrected chi connectivity index (χ0v) is 9.33. The number of hydrogen-bond donors (Lipinski definition) is 1. The molecule has 0 fully saturated rings. The van der Waals surface area contributed by atoms with Gasteiger partial charge >= 0.3 is 0 Å². The molecule has 0 saturated heterocycles. The van der Waals surface area contributed by atoms with Crippen LogP contribution in [0.1, 0.15) is 5.56 Å². The Morgan fingerprint density at radius 2 is 2.27 bits per heavy atom. The van der Waals surface area contributed by atoms with E-state index in [4.69, 9.17) is 26.8 Å². The summed E-state index contributed by atoms with van der Waals surface area (Å²) in [5.74, 6) is 1.53. The lowest BCUT2D eigenvalue weighted by Crippen LogP contribution is -2.02. The minimum absolute atomic E-state index is 0.414. The molecule has 0 aliphatic rings. The lowest BCUT2D eigenvalue weighted by atomic mass is 10.2. The topological polar surface area (TPSA) is 44.5 Å². The van der Waals surface area contributed by atoms with Crippen molar-refractivity contribution in [1.82, 2.24) is 0 Å². The molecule has 3 nitrogen and oxygen atoms in total. The van der Waals surface area contributed by atoms with Gasteiger partial charge < -0.3 is 15.2 Å². The molecule has 1 aromatic rings. The summed E-state index contributed by atoms with van der Waals surface area (Å²) in [6.07, 6.45) is 1.71. The van der Waals surface area contributed by atoms with Crippen molar-refractivity contribution >= 4 is 11.6 Å². The van der Waals surface area contributed by atoms with Crippen LogP contribution in [0.2, 0.25) is 0 Å². The van der Waals surface area contributed by atoms with Crippen LogP contribution in [0.25, 0.3) is 0 Å². The van der Waals surface area contributed by atoms with Crippen LogP contribution in [-0.4, -0.2) is 13.7 Å². The minimum atomic E-state index is 0.414. The maximum Gasteiger partial charge on any atom is 0.124 e. The van der Waals surface area contributed by atoms with Crippen LogP contribution in [-0.2, 0) is 6.54 Å². The van der Waals surface area contributed by atoms with E-state index in [-0.39, 0.29) is 0 Å². The Morgan fingerprint density at radius 1 is 1.47 bits per heavy atom. The van der Waals surface area contributed by atoms with Crippen LogP contribution in [0.5, 0.6) is 11.5 Å². The number of benzene rings is 1. The molecule has 0 aromatic heterocycles. The molecule has 0 bridgehead atoms. The predicted octanol–water partition coefficient (Wildman–Crippen LogP) is 2.29. The number of halogens is 1. The molecule has 15 heavy (non-hydrogen) atoms. The summed E-state index contributed by atoms with van der Waals surface area (Å²) in [5.41, 5.74) is 7.94. The zero-order chi connectivity index (χ0) is 11.1. The van der Waals surface area contributed by atoms with Crippen LogP contribution in [0.15, 0.2) is 29.8 Å². The Balaban J connectivity index is 2.78. The highest BCUT2D eigenvalue weighted by Crippen LogP contribution is 2.23. The third-order valence-corrected chi connectivity index (χ3v) is 2.09. The molecule has 0 aliphatic heterocycles. The molecule has 0 unspecified atom stereocenters. The lowest BCUT2D eigenvalue weighted by molar-refractivity contribution is 0.356. The fourth-order valence-electron chi connectivity index (χ4n) is 1.16. The number of rotatable bonds is 5. The molecule has 0 radical (unpaired) electrons. The zero-order valence-electron chi connectivity index (χ0n) is 8.57. The van der Waals surface area contributed by atoms with E-state index < -0.39 is 0 Å². The monoisotopic (exact) mass is 227 g/mol. The van der Waals surface area contributed by atoms with Gasteiger partial charge in [-0.25, -0.2) is 0 Å². The Bertz CT molecular complexity index is 339. The van der Waals surface area contributed by atoms with Crippen molar-refractivity contribution in [2.24, 2.45) is 5.73 Å². The molecular formula is C11H14ClNO2. The molecular weight excluding hydrogens is 214 g/mol. The first-order valence-electron chi connectivity index (χ1n) is 4.56. The van der Waals surface area contributed by atoms with Crippen molar-refractivity contribution in [2.45, 2.75) is 6.54 Å². The maximum absolute atomic E-state index is 5.60. The van der Waals surface area contributed by atoms with Gasteiger partial charge in [-0.05, 0) is 24.3 Å². The lowest BCUT2D eigenvalue weighted by Gasteiger charge is -2.10. The van der Waals surface area contributed by atoms with Crippen LogP contribution < -0.4 is 15.2 Å². The van der Waals surface area contributed by atoms with Gasteiger partial charge in [-0.1, -0.05) is 11.6 Å². The van der Waals surface area contributed by atoms with Gasteiger partial charge in [0.25, 0.3) is 0 Å². The van der Waals surface area contributed by atoms with Gasteiger partial charge in [0.15, 0.2) is 0 Å². The van der Waals surface area contributed by atoms with Crippen molar-refractivity contribution < 1.29 is 9.47 Å². The van der Waals surface area contributed by atoms with E-state index in [0.717, 1.165) is 17.1 Å². The van der Waals surface area contributed by atoms with Gasteiger partial charge in [0.05, 0.1) is 7.11 Å². The molecule has 0 spiro atoms. The fourth-order valence-corrected chi connectivity index (χ4v) is 1.23. The second-order valence-corrected chi connectivity index (χ2v) is 3.10. The molecule has 0 heterocycles. The van der Waals surface area contributed by atoms with Gasteiger partial charge in [-0.2, -0.15) is 0 Å². The van der Waals surface area contributed by atoms with Crippen LogP contribution in [0.4, 0.5) is 0 Å². The summed E-state index contributed by atoms with van der Waals surface area (Å²) in [7, 11) is 1.62. The van der Waals surface area contributed by atoms with Crippen LogP contribution in [0.3, 0.4) is 0 Å². The second-order valence-electron chi connectivity index (χ2n) is 2.85. The Labute approximate surface area is 94.4 Å². The normalized spacial score (nSPS) is 10.6. The van der Waals surface area contributed by atoms with E-state index in [1.807, 2.05) is 18.2 Å². The van der Waals surface area contributed by atoms with Gasteiger partial charge in [-0.15, -0.1) is 0 Å². The average molecular weight is 228 g/mol. The summed E-state index contributed by atoms with van der Waals surface area (Å²) in [6.45, 7) is 0.847. The summed E-state index contributed by atoms with van der Waals surface area (Å²) in [5, 5.41) is 0. The fraction of sp³-hybridized carbons (Fsp3) is 0.273. The SMILES string of the molecule is COc1ccc(OC/C=C/Cl)c(CN)c1. The molecule has 0 saturated carbocycles. The third-order valence-electron chi connectivity index (χ3n) is 1.91. The molecule has 0 amide bonds. The van der Waals surface area contributed by atoms with Crippen LogP contribution >= 0.6 is 11.6 Å². The molecule has 2 N–H and O–H groups in total. The smallest absolute Gasteiger partial charge is 0.124 e. The van der Waals surface area contributed by atoms with Gasteiger partial charge in [-0.3, -0.25) is 0 Å². The van der Waals surface area contributed by atoms with Gasteiger partial charge in [0, 0.05) is 17.6 Å². The summed E-state index contributed by atoms with van der Waals surface area (Å²) in [6, 6.07) is 5.53. The van der Waals surface area contributed by atoms with Crippen LogP contribution in [0, 0.1) is 0 Å². The Kier molecular flexibility index (Phi) is 5.01. The van der Waals surface area contributed by atoms with E-state index in [1.54, 1.807) is 13.2 Å². The molecule has 82 valence electrons. The van der Waals surface area contributed by atoms with Crippen molar-refractivity contribution in [2.75, 3.05) is 13.7 Å². The molecule has 1 rings (SSSR count). The van der Waals surface area contributed by atoms with Crippen molar-refractivity contribution in [3.8, 4) is 11.5 Å². The third kappa shape index (κ3) is 3.46. The van der Waals surface area contributed by atoms with E-state index >= 15 is 0 Å². The summed E-state index contributed by atoms with van der Waals surface area (Å²) >= 11 is 5.38. The van der Waals surface area contributed by atoms with E-state index in [9.17, 15) is 0 Å². The number of methoxy groups -OCH3 is 1. The molecule has 1 aromatic carbocycles. The first-order chi connectivity index (χ1) is 7.31. The van der Waals surface area contributed by atoms with Gasteiger partial charge in [0.2, 0.25) is 0 Å². The Morgan fingerprint density at radius 3 is 2.87 bits per heavy atom. The number of ether oxygens (including phenoxy) is 2. The largest absolute Gasteiger partial charge is 0.497 e. The minimum Gasteiger partial charge on any atom is -0.497 e. The highest BCUT2D eigenvalue weighted by molar-refractivity contribution is 6.25. The number of hydrogen-bond acceptors (Lipinski definition) is 3.